The van der Waals surface area contributed by atoms with E-state index in [4.69, 9.17) is 17.4 Å². The number of carbonyl (C=O) groups excluding carboxylic acids is 1. The van der Waals surface area contributed by atoms with Gasteiger partial charge in [0.05, 0.1) is 10.9 Å². The normalized spacial score (nSPS) is 12.3. The second kappa shape index (κ2) is 4.59. The minimum atomic E-state index is -0.499. The predicted molar refractivity (Wildman–Crippen MR) is 56.8 cm³/mol. The Morgan fingerprint density at radius 1 is 1.60 bits per heavy atom. The summed E-state index contributed by atoms with van der Waals surface area (Å²) in [6.07, 6.45) is 0. The molecule has 0 aliphatic heterocycles. The highest BCUT2D eigenvalue weighted by atomic mass is 35.5. The quantitative estimate of drug-likeness (QED) is 0.479. The molecule has 1 unspecified atom stereocenters. The van der Waals surface area contributed by atoms with E-state index in [0.717, 1.165) is 5.01 Å². The van der Waals surface area contributed by atoms with Gasteiger partial charge in [0.2, 0.25) is 5.91 Å². The number of nitrogens with zero attached hydrogens (tertiary/aromatic N) is 1. The lowest BCUT2D eigenvalue weighted by molar-refractivity contribution is -0.131. The van der Waals surface area contributed by atoms with Crippen molar-refractivity contribution >= 4 is 17.5 Å². The predicted octanol–water partition coefficient (Wildman–Crippen LogP) is 1.91. The Kier molecular flexibility index (Phi) is 3.66. The Balaban J connectivity index is 2.97. The van der Waals surface area contributed by atoms with Gasteiger partial charge in [-0.05, 0) is 24.6 Å². The molecule has 0 spiro atoms. The maximum absolute atomic E-state index is 12.9. The smallest absolute Gasteiger partial charge is 0.243 e. The second-order valence-electron chi connectivity index (χ2n) is 3.34. The molecule has 5 heteroatoms. The topological polar surface area (TPSA) is 46.3 Å². The van der Waals surface area contributed by atoms with Crippen molar-refractivity contribution in [2.75, 3.05) is 7.05 Å². The van der Waals surface area contributed by atoms with Crippen molar-refractivity contribution < 1.29 is 9.18 Å². The number of likely N-dealkylation sites (N-methyl/N-ethyl adjacent to an activating group) is 1. The van der Waals surface area contributed by atoms with Crippen LogP contribution in [0.15, 0.2) is 18.2 Å². The van der Waals surface area contributed by atoms with Crippen LogP contribution in [0.4, 0.5) is 4.39 Å². The Bertz CT molecular complexity index is 382. The molecule has 1 atom stereocenters. The summed E-state index contributed by atoms with van der Waals surface area (Å²) < 4.78 is 12.9. The monoisotopic (exact) mass is 230 g/mol. The molecule has 0 saturated heterocycles. The molecular weight excluding hydrogens is 219 g/mol. The molecule has 1 amide bonds. The lowest BCUT2D eigenvalue weighted by Gasteiger charge is -2.16. The average molecular weight is 231 g/mol. The van der Waals surface area contributed by atoms with Crippen LogP contribution >= 0.6 is 11.6 Å². The van der Waals surface area contributed by atoms with Crippen molar-refractivity contribution in [3.05, 3.63) is 34.6 Å². The molecule has 1 aromatic rings. The van der Waals surface area contributed by atoms with Crippen LogP contribution < -0.4 is 5.84 Å². The number of hydrogen-bond donors (Lipinski definition) is 1. The lowest BCUT2D eigenvalue weighted by Crippen LogP contribution is -2.36. The molecule has 82 valence electrons. The number of benzene rings is 1. The van der Waals surface area contributed by atoms with Crippen molar-refractivity contribution in [1.29, 1.82) is 0 Å². The van der Waals surface area contributed by atoms with Crippen LogP contribution in [0.1, 0.15) is 18.4 Å². The number of rotatable bonds is 2. The van der Waals surface area contributed by atoms with Gasteiger partial charge in [0.15, 0.2) is 0 Å². The van der Waals surface area contributed by atoms with Crippen LogP contribution in [0.5, 0.6) is 0 Å². The fraction of sp³-hybridized carbons (Fsp3) is 0.300. The molecular formula is C10H12ClFN2O. The summed E-state index contributed by atoms with van der Waals surface area (Å²) in [5.74, 6) is 4.14. The third-order valence-corrected chi connectivity index (χ3v) is 2.45. The van der Waals surface area contributed by atoms with Crippen molar-refractivity contribution in [3.8, 4) is 0 Å². The largest absolute Gasteiger partial charge is 0.283 e. The van der Waals surface area contributed by atoms with Gasteiger partial charge < -0.3 is 0 Å². The van der Waals surface area contributed by atoms with Crippen molar-refractivity contribution in [3.63, 3.8) is 0 Å². The van der Waals surface area contributed by atoms with Crippen molar-refractivity contribution in [2.45, 2.75) is 12.8 Å². The number of carbonyl (C=O) groups is 1. The molecule has 0 heterocycles. The van der Waals surface area contributed by atoms with Crippen LogP contribution in [-0.2, 0) is 4.79 Å². The first-order valence-corrected chi connectivity index (χ1v) is 4.78. The third-order valence-electron chi connectivity index (χ3n) is 2.16. The zero-order chi connectivity index (χ0) is 11.6. The standard InChI is InChI=1S/C10H12ClFN2O/c1-6(10(15)14(2)13)7-3-4-9(12)8(11)5-7/h3-6H,13H2,1-2H3. The van der Waals surface area contributed by atoms with Crippen LogP contribution in [0.25, 0.3) is 0 Å². The first kappa shape index (κ1) is 11.9. The van der Waals surface area contributed by atoms with Crippen LogP contribution in [0.2, 0.25) is 5.02 Å². The van der Waals surface area contributed by atoms with Crippen LogP contribution in [-0.4, -0.2) is 18.0 Å². The molecule has 0 fully saturated rings. The van der Waals surface area contributed by atoms with Gasteiger partial charge in [-0.1, -0.05) is 17.7 Å². The molecule has 0 saturated carbocycles. The number of nitrogens with two attached hydrogens (primary N) is 1. The van der Waals surface area contributed by atoms with E-state index < -0.39 is 11.7 Å². The molecule has 0 aliphatic carbocycles. The van der Waals surface area contributed by atoms with E-state index in [1.54, 1.807) is 6.92 Å². The highest BCUT2D eigenvalue weighted by molar-refractivity contribution is 6.30. The van der Waals surface area contributed by atoms with Gasteiger partial charge in [0.25, 0.3) is 0 Å². The first-order chi connectivity index (χ1) is 6.93. The number of hydrazine groups is 1. The first-order valence-electron chi connectivity index (χ1n) is 4.40. The summed E-state index contributed by atoms with van der Waals surface area (Å²) in [6, 6.07) is 4.19. The zero-order valence-electron chi connectivity index (χ0n) is 8.50. The highest BCUT2D eigenvalue weighted by Crippen LogP contribution is 2.22. The molecule has 0 bridgehead atoms. The molecule has 0 aliphatic rings. The molecule has 15 heavy (non-hydrogen) atoms. The van der Waals surface area contributed by atoms with Crippen molar-refractivity contribution in [2.24, 2.45) is 5.84 Å². The van der Waals surface area contributed by atoms with Crippen LogP contribution in [0, 0.1) is 5.82 Å². The minimum absolute atomic E-state index is 0.00632. The van der Waals surface area contributed by atoms with E-state index in [9.17, 15) is 9.18 Å². The highest BCUT2D eigenvalue weighted by Gasteiger charge is 2.18. The number of hydrogen-bond acceptors (Lipinski definition) is 2. The summed E-state index contributed by atoms with van der Waals surface area (Å²) in [4.78, 5) is 11.5. The molecule has 2 N–H and O–H groups in total. The molecule has 1 aromatic carbocycles. The molecule has 1 rings (SSSR count). The minimum Gasteiger partial charge on any atom is -0.283 e. The molecule has 0 aromatic heterocycles. The maximum atomic E-state index is 12.9. The third kappa shape index (κ3) is 2.67. The van der Waals surface area contributed by atoms with Gasteiger partial charge in [-0.3, -0.25) is 9.80 Å². The van der Waals surface area contributed by atoms with Gasteiger partial charge >= 0.3 is 0 Å². The summed E-state index contributed by atoms with van der Waals surface area (Å²) in [5, 5.41) is 1.01. The maximum Gasteiger partial charge on any atom is 0.243 e. The van der Waals surface area contributed by atoms with Gasteiger partial charge in [-0.15, -0.1) is 0 Å². The van der Waals surface area contributed by atoms with E-state index in [1.165, 1.54) is 25.2 Å². The van der Waals surface area contributed by atoms with E-state index >= 15 is 0 Å². The summed E-state index contributed by atoms with van der Waals surface area (Å²) in [7, 11) is 1.46. The van der Waals surface area contributed by atoms with Crippen molar-refractivity contribution in [1.82, 2.24) is 5.01 Å². The summed E-state index contributed by atoms with van der Waals surface area (Å²) >= 11 is 5.61. The van der Waals surface area contributed by atoms with Gasteiger partial charge in [0.1, 0.15) is 5.82 Å². The Labute approximate surface area is 92.6 Å². The summed E-state index contributed by atoms with van der Waals surface area (Å²) in [6.45, 7) is 1.69. The number of halogens is 2. The Hall–Kier alpha value is -1.13. The zero-order valence-corrected chi connectivity index (χ0v) is 9.25. The average Bonchev–Trinajstić information content (AvgIpc) is 2.19. The summed E-state index contributed by atoms with van der Waals surface area (Å²) in [5.41, 5.74) is 0.642. The Morgan fingerprint density at radius 2 is 2.20 bits per heavy atom. The fourth-order valence-corrected chi connectivity index (χ4v) is 1.42. The van der Waals surface area contributed by atoms with E-state index in [1.807, 2.05) is 0 Å². The second-order valence-corrected chi connectivity index (χ2v) is 3.75. The Morgan fingerprint density at radius 3 is 2.67 bits per heavy atom. The van der Waals surface area contributed by atoms with E-state index in [-0.39, 0.29) is 10.9 Å². The van der Waals surface area contributed by atoms with Gasteiger partial charge in [-0.2, -0.15) is 0 Å². The molecule has 3 nitrogen and oxygen atoms in total. The SMILES string of the molecule is CC(C(=O)N(C)N)c1ccc(F)c(Cl)c1. The lowest BCUT2D eigenvalue weighted by atomic mass is 10.0. The molecule has 0 radical (unpaired) electrons. The van der Waals surface area contributed by atoms with Crippen LogP contribution in [0.3, 0.4) is 0 Å². The number of amides is 1. The van der Waals surface area contributed by atoms with Gasteiger partial charge in [-0.25, -0.2) is 10.2 Å². The van der Waals surface area contributed by atoms with E-state index in [2.05, 4.69) is 0 Å². The van der Waals surface area contributed by atoms with E-state index in [0.29, 0.717) is 5.56 Å². The van der Waals surface area contributed by atoms with Gasteiger partial charge in [0, 0.05) is 7.05 Å². The fourth-order valence-electron chi connectivity index (χ4n) is 1.23.